The molecule has 0 bridgehead atoms. The van der Waals surface area contributed by atoms with Gasteiger partial charge in [-0.3, -0.25) is 0 Å². The average Bonchev–Trinajstić information content (AvgIpc) is 2.81. The lowest BCUT2D eigenvalue weighted by molar-refractivity contribution is 0.297. The van der Waals surface area contributed by atoms with Crippen LogP contribution in [0.5, 0.6) is 5.75 Å². The van der Waals surface area contributed by atoms with Crippen molar-refractivity contribution in [2.24, 2.45) is 0 Å². The fourth-order valence-corrected chi connectivity index (χ4v) is 2.31. The Labute approximate surface area is 117 Å². The third-order valence-corrected chi connectivity index (χ3v) is 3.23. The number of hydrogen-bond donors (Lipinski definition) is 2. The quantitative estimate of drug-likeness (QED) is 0.715. The number of nitrogens with zero attached hydrogens (tertiary/aromatic N) is 1. The van der Waals surface area contributed by atoms with Crippen LogP contribution in [0, 0.1) is 13.8 Å². The number of nitrogen functional groups attached to an aromatic ring is 1. The van der Waals surface area contributed by atoms with Gasteiger partial charge in [-0.15, -0.1) is 0 Å². The van der Waals surface area contributed by atoms with E-state index in [0.29, 0.717) is 6.61 Å². The summed E-state index contributed by atoms with van der Waals surface area (Å²) in [6.45, 7) is 4.57. The Hall–Kier alpha value is -2.49. The number of aromatic nitrogens is 2. The number of imidazole rings is 1. The zero-order valence-electron chi connectivity index (χ0n) is 11.6. The van der Waals surface area contributed by atoms with E-state index in [-0.39, 0.29) is 0 Å². The number of nitrogens with two attached hydrogens (primary N) is 1. The number of rotatable bonds is 3. The fourth-order valence-electron chi connectivity index (χ4n) is 2.31. The summed E-state index contributed by atoms with van der Waals surface area (Å²) in [4.78, 5) is 7.88. The van der Waals surface area contributed by atoms with Gasteiger partial charge in [-0.2, -0.15) is 0 Å². The summed E-state index contributed by atoms with van der Waals surface area (Å²) in [5.41, 5.74) is 10.8. The first-order chi connectivity index (χ1) is 9.61. The monoisotopic (exact) mass is 267 g/mol. The highest BCUT2D eigenvalue weighted by Crippen LogP contribution is 2.19. The first-order valence-electron chi connectivity index (χ1n) is 6.56. The van der Waals surface area contributed by atoms with Crippen molar-refractivity contribution >= 4 is 16.7 Å². The topological polar surface area (TPSA) is 63.9 Å². The van der Waals surface area contributed by atoms with Gasteiger partial charge in [-0.05, 0) is 55.3 Å². The molecular formula is C16H17N3O. The van der Waals surface area contributed by atoms with Crippen LogP contribution < -0.4 is 10.5 Å². The second kappa shape index (κ2) is 4.89. The fraction of sp³-hybridized carbons (Fsp3) is 0.188. The molecule has 20 heavy (non-hydrogen) atoms. The summed E-state index contributed by atoms with van der Waals surface area (Å²) in [5.74, 6) is 1.61. The largest absolute Gasteiger partial charge is 0.486 e. The summed E-state index contributed by atoms with van der Waals surface area (Å²) in [7, 11) is 0. The molecular weight excluding hydrogens is 250 g/mol. The van der Waals surface area contributed by atoms with E-state index in [2.05, 4.69) is 35.9 Å². The predicted molar refractivity (Wildman–Crippen MR) is 80.8 cm³/mol. The first-order valence-corrected chi connectivity index (χ1v) is 6.56. The van der Waals surface area contributed by atoms with E-state index in [1.807, 2.05) is 24.3 Å². The molecule has 0 aliphatic carbocycles. The molecule has 0 saturated carbocycles. The van der Waals surface area contributed by atoms with Gasteiger partial charge in [-0.1, -0.05) is 6.07 Å². The molecule has 3 rings (SSSR count). The smallest absolute Gasteiger partial charge is 0.146 e. The van der Waals surface area contributed by atoms with Gasteiger partial charge < -0.3 is 15.5 Å². The molecule has 4 nitrogen and oxygen atoms in total. The van der Waals surface area contributed by atoms with Gasteiger partial charge in [0.05, 0.1) is 11.0 Å². The molecule has 0 atom stereocenters. The van der Waals surface area contributed by atoms with E-state index >= 15 is 0 Å². The Morgan fingerprint density at radius 2 is 1.90 bits per heavy atom. The van der Waals surface area contributed by atoms with Crippen LogP contribution in [0.2, 0.25) is 0 Å². The van der Waals surface area contributed by atoms with Crippen LogP contribution in [0.3, 0.4) is 0 Å². The Balaban J connectivity index is 1.81. The molecule has 0 aliphatic heterocycles. The second-order valence-corrected chi connectivity index (χ2v) is 5.02. The van der Waals surface area contributed by atoms with Gasteiger partial charge in [0.1, 0.15) is 18.2 Å². The molecule has 2 aromatic carbocycles. The highest BCUT2D eigenvalue weighted by Gasteiger charge is 2.06. The van der Waals surface area contributed by atoms with E-state index in [1.54, 1.807) is 0 Å². The van der Waals surface area contributed by atoms with Crippen molar-refractivity contribution in [2.45, 2.75) is 20.5 Å². The highest BCUT2D eigenvalue weighted by molar-refractivity contribution is 5.79. The molecule has 3 aromatic rings. The highest BCUT2D eigenvalue weighted by atomic mass is 16.5. The van der Waals surface area contributed by atoms with E-state index in [4.69, 9.17) is 10.5 Å². The van der Waals surface area contributed by atoms with Crippen LogP contribution in [0.25, 0.3) is 11.0 Å². The number of fused-ring (bicyclic) bond motifs is 1. The zero-order valence-corrected chi connectivity index (χ0v) is 11.6. The summed E-state index contributed by atoms with van der Waals surface area (Å²) in [6, 6.07) is 11.6. The number of nitrogens with one attached hydrogen (secondary N) is 1. The molecule has 3 N–H and O–H groups in total. The maximum Gasteiger partial charge on any atom is 0.146 e. The minimum atomic E-state index is 0.414. The van der Waals surface area contributed by atoms with Crippen LogP contribution in [0.1, 0.15) is 17.0 Å². The summed E-state index contributed by atoms with van der Waals surface area (Å²) >= 11 is 0. The number of hydrogen-bond acceptors (Lipinski definition) is 3. The van der Waals surface area contributed by atoms with Gasteiger partial charge in [0.15, 0.2) is 0 Å². The Morgan fingerprint density at radius 1 is 1.15 bits per heavy atom. The van der Waals surface area contributed by atoms with Gasteiger partial charge in [0, 0.05) is 5.69 Å². The second-order valence-electron chi connectivity index (χ2n) is 5.02. The lowest BCUT2D eigenvalue weighted by Crippen LogP contribution is -1.97. The van der Waals surface area contributed by atoms with E-state index in [1.165, 1.54) is 11.1 Å². The van der Waals surface area contributed by atoms with Crippen LogP contribution in [-0.2, 0) is 6.61 Å². The van der Waals surface area contributed by atoms with Gasteiger partial charge in [-0.25, -0.2) is 4.98 Å². The number of anilines is 1. The van der Waals surface area contributed by atoms with Crippen molar-refractivity contribution in [1.82, 2.24) is 9.97 Å². The number of ether oxygens (including phenoxy) is 1. The van der Waals surface area contributed by atoms with Crippen LogP contribution in [0.4, 0.5) is 5.69 Å². The number of aryl methyl sites for hydroxylation is 2. The van der Waals surface area contributed by atoms with Gasteiger partial charge in [0.2, 0.25) is 0 Å². The predicted octanol–water partition coefficient (Wildman–Crippen LogP) is 3.34. The molecule has 102 valence electrons. The van der Waals surface area contributed by atoms with Crippen LogP contribution in [0.15, 0.2) is 36.4 Å². The Bertz CT molecular complexity index is 744. The van der Waals surface area contributed by atoms with Crippen molar-refractivity contribution in [3.8, 4) is 5.75 Å². The third kappa shape index (κ3) is 2.45. The van der Waals surface area contributed by atoms with Crippen molar-refractivity contribution in [1.29, 1.82) is 0 Å². The summed E-state index contributed by atoms with van der Waals surface area (Å²) in [5, 5.41) is 0. The molecule has 0 radical (unpaired) electrons. The zero-order chi connectivity index (χ0) is 14.1. The van der Waals surface area contributed by atoms with E-state index in [9.17, 15) is 0 Å². The Kier molecular flexibility index (Phi) is 3.06. The lowest BCUT2D eigenvalue weighted by Gasteiger charge is -2.03. The van der Waals surface area contributed by atoms with Crippen molar-refractivity contribution in [3.63, 3.8) is 0 Å². The van der Waals surface area contributed by atoms with Crippen molar-refractivity contribution in [2.75, 3.05) is 5.73 Å². The molecule has 0 saturated heterocycles. The van der Waals surface area contributed by atoms with Crippen molar-refractivity contribution < 1.29 is 4.74 Å². The van der Waals surface area contributed by atoms with Crippen LogP contribution in [-0.4, -0.2) is 9.97 Å². The van der Waals surface area contributed by atoms with Crippen molar-refractivity contribution in [3.05, 3.63) is 53.3 Å². The van der Waals surface area contributed by atoms with Crippen LogP contribution >= 0.6 is 0 Å². The van der Waals surface area contributed by atoms with E-state index < -0.39 is 0 Å². The average molecular weight is 267 g/mol. The molecule has 0 spiro atoms. The summed E-state index contributed by atoms with van der Waals surface area (Å²) < 4.78 is 5.70. The molecule has 1 aromatic heterocycles. The lowest BCUT2D eigenvalue weighted by atomic mass is 10.1. The molecule has 4 heteroatoms. The molecule has 0 fully saturated rings. The van der Waals surface area contributed by atoms with Gasteiger partial charge in [0.25, 0.3) is 0 Å². The van der Waals surface area contributed by atoms with Gasteiger partial charge >= 0.3 is 0 Å². The summed E-state index contributed by atoms with van der Waals surface area (Å²) in [6.07, 6.45) is 0. The molecule has 0 aliphatic rings. The first kappa shape index (κ1) is 12.5. The maximum absolute atomic E-state index is 5.70. The Morgan fingerprint density at radius 3 is 2.65 bits per heavy atom. The molecule has 0 unspecified atom stereocenters. The number of H-pyrrole nitrogens is 1. The minimum absolute atomic E-state index is 0.414. The maximum atomic E-state index is 5.70. The standard InChI is InChI=1S/C16H17N3O/c1-10-7-11(2)16-14(8-10)18-15(19-16)9-20-13-5-3-12(17)4-6-13/h3-8H,9,17H2,1-2H3,(H,18,19). The normalized spacial score (nSPS) is 10.9. The minimum Gasteiger partial charge on any atom is -0.486 e. The SMILES string of the molecule is Cc1cc(C)c2nc(COc3ccc(N)cc3)[nH]c2c1. The molecule has 1 heterocycles. The van der Waals surface area contributed by atoms with E-state index in [0.717, 1.165) is 28.3 Å². The number of aromatic amines is 1. The molecule has 0 amide bonds. The number of benzene rings is 2. The third-order valence-electron chi connectivity index (χ3n) is 3.23.